The summed E-state index contributed by atoms with van der Waals surface area (Å²) in [5.74, 6) is 0.475. The van der Waals surface area contributed by atoms with Crippen LogP contribution in [0.15, 0.2) is 6.07 Å². The summed E-state index contributed by atoms with van der Waals surface area (Å²) in [6.07, 6.45) is 0. The maximum absolute atomic E-state index is 5.79. The highest BCUT2D eigenvalue weighted by Crippen LogP contribution is 2.21. The standard InChI is InChI=1S/C6H6ClIN2/c1-3-6(8)4(7)2-5(9)10-3/h2H,1H3,(H2,9,10). The second-order valence-electron chi connectivity index (χ2n) is 1.93. The van der Waals surface area contributed by atoms with Gasteiger partial charge in [-0.1, -0.05) is 11.6 Å². The van der Waals surface area contributed by atoms with Gasteiger partial charge in [0.1, 0.15) is 5.82 Å². The van der Waals surface area contributed by atoms with Crippen molar-refractivity contribution < 1.29 is 0 Å². The molecule has 54 valence electrons. The number of aryl methyl sites for hydroxylation is 1. The fourth-order valence-corrected chi connectivity index (χ4v) is 1.17. The van der Waals surface area contributed by atoms with E-state index in [-0.39, 0.29) is 0 Å². The first-order valence-electron chi connectivity index (χ1n) is 2.69. The van der Waals surface area contributed by atoms with Crippen LogP contribution < -0.4 is 5.73 Å². The van der Waals surface area contributed by atoms with Crippen LogP contribution in [0, 0.1) is 10.5 Å². The topological polar surface area (TPSA) is 38.9 Å². The Morgan fingerprint density at radius 3 is 2.80 bits per heavy atom. The van der Waals surface area contributed by atoms with E-state index >= 15 is 0 Å². The molecule has 0 bridgehead atoms. The van der Waals surface area contributed by atoms with Crippen molar-refractivity contribution in [1.29, 1.82) is 0 Å². The van der Waals surface area contributed by atoms with Gasteiger partial charge in [0.2, 0.25) is 0 Å². The van der Waals surface area contributed by atoms with Crippen LogP contribution in [0.4, 0.5) is 5.82 Å². The molecule has 0 saturated heterocycles. The normalized spacial score (nSPS) is 9.90. The lowest BCUT2D eigenvalue weighted by atomic mass is 10.4. The van der Waals surface area contributed by atoms with Gasteiger partial charge in [0.15, 0.2) is 0 Å². The van der Waals surface area contributed by atoms with Gasteiger partial charge in [-0.05, 0) is 35.6 Å². The molecule has 0 aliphatic rings. The number of aromatic nitrogens is 1. The molecular formula is C6H6ClIN2. The van der Waals surface area contributed by atoms with Gasteiger partial charge in [-0.15, -0.1) is 0 Å². The van der Waals surface area contributed by atoms with E-state index in [1.807, 2.05) is 6.92 Å². The van der Waals surface area contributed by atoms with Crippen molar-refractivity contribution in [3.63, 3.8) is 0 Å². The van der Waals surface area contributed by atoms with E-state index in [4.69, 9.17) is 17.3 Å². The van der Waals surface area contributed by atoms with E-state index in [0.717, 1.165) is 9.26 Å². The summed E-state index contributed by atoms with van der Waals surface area (Å²) >= 11 is 7.93. The molecule has 4 heteroatoms. The molecule has 0 aliphatic heterocycles. The number of hydrogen-bond donors (Lipinski definition) is 1. The zero-order chi connectivity index (χ0) is 7.72. The Hall–Kier alpha value is -0.0300. The summed E-state index contributed by atoms with van der Waals surface area (Å²) in [6.45, 7) is 1.88. The number of anilines is 1. The number of nitrogen functional groups attached to an aromatic ring is 1. The largest absolute Gasteiger partial charge is 0.384 e. The average Bonchev–Trinajstić information content (AvgIpc) is 1.82. The molecule has 2 N–H and O–H groups in total. The monoisotopic (exact) mass is 268 g/mol. The van der Waals surface area contributed by atoms with E-state index in [1.54, 1.807) is 6.07 Å². The van der Waals surface area contributed by atoms with Gasteiger partial charge in [0.25, 0.3) is 0 Å². The number of hydrogen-bond acceptors (Lipinski definition) is 2. The van der Waals surface area contributed by atoms with E-state index in [1.165, 1.54) is 0 Å². The molecule has 0 saturated carbocycles. The van der Waals surface area contributed by atoms with E-state index in [2.05, 4.69) is 27.6 Å². The summed E-state index contributed by atoms with van der Waals surface area (Å²) in [4.78, 5) is 4.02. The lowest BCUT2D eigenvalue weighted by Gasteiger charge is -2.00. The van der Waals surface area contributed by atoms with Crippen LogP contribution in [-0.4, -0.2) is 4.98 Å². The fraction of sp³-hybridized carbons (Fsp3) is 0.167. The smallest absolute Gasteiger partial charge is 0.125 e. The summed E-state index contributed by atoms with van der Waals surface area (Å²) in [7, 11) is 0. The first-order chi connectivity index (χ1) is 4.61. The Labute approximate surface area is 77.9 Å². The number of halogens is 2. The van der Waals surface area contributed by atoms with Crippen molar-refractivity contribution in [2.24, 2.45) is 0 Å². The van der Waals surface area contributed by atoms with E-state index in [9.17, 15) is 0 Å². The summed E-state index contributed by atoms with van der Waals surface area (Å²) in [6, 6.07) is 1.65. The van der Waals surface area contributed by atoms with Crippen molar-refractivity contribution >= 4 is 40.0 Å². The lowest BCUT2D eigenvalue weighted by molar-refractivity contribution is 1.19. The summed E-state index contributed by atoms with van der Waals surface area (Å²) in [5, 5.41) is 0.672. The predicted octanol–water partition coefficient (Wildman–Crippen LogP) is 2.23. The molecule has 1 heterocycles. The predicted molar refractivity (Wildman–Crippen MR) is 51.1 cm³/mol. The van der Waals surface area contributed by atoms with Crippen LogP contribution in [0.2, 0.25) is 5.02 Å². The fourth-order valence-electron chi connectivity index (χ4n) is 0.641. The maximum atomic E-state index is 5.79. The molecule has 0 amide bonds. The Balaban J connectivity index is 3.31. The Bertz CT molecular complexity index is 239. The molecule has 0 spiro atoms. The second-order valence-corrected chi connectivity index (χ2v) is 3.41. The molecule has 1 aromatic heterocycles. The number of nitrogens with two attached hydrogens (primary N) is 1. The van der Waals surface area contributed by atoms with Gasteiger partial charge in [-0.2, -0.15) is 0 Å². The molecule has 0 aromatic carbocycles. The second kappa shape index (κ2) is 2.92. The zero-order valence-electron chi connectivity index (χ0n) is 5.36. The molecule has 1 aromatic rings. The van der Waals surface area contributed by atoms with Crippen LogP contribution in [0.25, 0.3) is 0 Å². The zero-order valence-corrected chi connectivity index (χ0v) is 8.27. The van der Waals surface area contributed by atoms with Crippen molar-refractivity contribution in [3.8, 4) is 0 Å². The van der Waals surface area contributed by atoms with Crippen LogP contribution >= 0.6 is 34.2 Å². The van der Waals surface area contributed by atoms with Crippen LogP contribution in [0.3, 0.4) is 0 Å². The molecule has 0 atom stereocenters. The molecular weight excluding hydrogens is 262 g/mol. The van der Waals surface area contributed by atoms with Gasteiger partial charge >= 0.3 is 0 Å². The highest BCUT2D eigenvalue weighted by molar-refractivity contribution is 14.1. The van der Waals surface area contributed by atoms with E-state index < -0.39 is 0 Å². The third kappa shape index (κ3) is 1.52. The first-order valence-corrected chi connectivity index (χ1v) is 4.15. The quantitative estimate of drug-likeness (QED) is 0.733. The Morgan fingerprint density at radius 1 is 1.70 bits per heavy atom. The Kier molecular flexibility index (Phi) is 2.36. The van der Waals surface area contributed by atoms with Gasteiger partial charge in [-0.25, -0.2) is 4.98 Å². The third-order valence-electron chi connectivity index (χ3n) is 1.10. The molecule has 2 nitrogen and oxygen atoms in total. The molecule has 0 radical (unpaired) electrons. The highest BCUT2D eigenvalue weighted by Gasteiger charge is 2.01. The van der Waals surface area contributed by atoms with Gasteiger partial charge < -0.3 is 5.73 Å². The minimum Gasteiger partial charge on any atom is -0.384 e. The van der Waals surface area contributed by atoms with Crippen LogP contribution in [-0.2, 0) is 0 Å². The molecule has 1 rings (SSSR count). The first kappa shape index (κ1) is 8.07. The van der Waals surface area contributed by atoms with Gasteiger partial charge in [-0.3, -0.25) is 0 Å². The maximum Gasteiger partial charge on any atom is 0.125 e. The summed E-state index contributed by atoms with van der Waals surface area (Å²) in [5.41, 5.74) is 6.31. The Morgan fingerprint density at radius 2 is 2.30 bits per heavy atom. The molecule has 10 heavy (non-hydrogen) atoms. The van der Waals surface area contributed by atoms with Gasteiger partial charge in [0.05, 0.1) is 14.3 Å². The van der Waals surface area contributed by atoms with Crippen molar-refractivity contribution in [1.82, 2.24) is 4.98 Å². The van der Waals surface area contributed by atoms with Crippen LogP contribution in [0.5, 0.6) is 0 Å². The SMILES string of the molecule is Cc1nc(N)cc(Cl)c1I. The number of rotatable bonds is 0. The van der Waals surface area contributed by atoms with Crippen molar-refractivity contribution in [2.45, 2.75) is 6.92 Å². The molecule has 0 unspecified atom stereocenters. The molecule has 0 aliphatic carbocycles. The van der Waals surface area contributed by atoms with E-state index in [0.29, 0.717) is 10.8 Å². The lowest BCUT2D eigenvalue weighted by Crippen LogP contribution is -1.94. The van der Waals surface area contributed by atoms with Crippen LogP contribution in [0.1, 0.15) is 5.69 Å². The van der Waals surface area contributed by atoms with Crippen molar-refractivity contribution in [3.05, 3.63) is 20.4 Å². The summed E-state index contributed by atoms with van der Waals surface area (Å²) < 4.78 is 0.966. The van der Waals surface area contributed by atoms with Crippen molar-refractivity contribution in [2.75, 3.05) is 5.73 Å². The minimum absolute atomic E-state index is 0.475. The number of pyridine rings is 1. The molecule has 0 fully saturated rings. The minimum atomic E-state index is 0.475. The highest BCUT2D eigenvalue weighted by atomic mass is 127. The number of nitrogens with zero attached hydrogens (tertiary/aromatic N) is 1. The van der Waals surface area contributed by atoms with Gasteiger partial charge in [0, 0.05) is 0 Å². The third-order valence-corrected chi connectivity index (χ3v) is 3.08. The average molecular weight is 268 g/mol.